The summed E-state index contributed by atoms with van der Waals surface area (Å²) >= 11 is 0. The van der Waals surface area contributed by atoms with E-state index in [0.717, 1.165) is 18.5 Å². The highest BCUT2D eigenvalue weighted by molar-refractivity contribution is 6.21. The van der Waals surface area contributed by atoms with E-state index < -0.39 is 0 Å². The number of likely N-dealkylation sites (N-methyl/N-ethyl adjacent to an activating group) is 1. The van der Waals surface area contributed by atoms with Crippen LogP contribution in [0.25, 0.3) is 21.5 Å². The lowest BCUT2D eigenvalue weighted by atomic mass is 10.0. The number of hydrogen-bond acceptors (Lipinski definition) is 5. The van der Waals surface area contributed by atoms with Crippen molar-refractivity contribution >= 4 is 38.6 Å². The summed E-state index contributed by atoms with van der Waals surface area (Å²) in [5, 5.41) is 10.5. The largest absolute Gasteiger partial charge is 0.383 e. The van der Waals surface area contributed by atoms with Crippen LogP contribution in [0.2, 0.25) is 0 Å². The van der Waals surface area contributed by atoms with Crippen LogP contribution in [0, 0.1) is 0 Å². The monoisotopic (exact) mass is 307 g/mol. The average Bonchev–Trinajstić information content (AvgIpc) is 2.87. The summed E-state index contributed by atoms with van der Waals surface area (Å²) < 4.78 is 0. The molecule has 0 amide bonds. The molecule has 118 valence electrons. The van der Waals surface area contributed by atoms with Crippen molar-refractivity contribution in [1.29, 1.82) is 0 Å². The number of aromatic nitrogens is 1. The van der Waals surface area contributed by atoms with E-state index in [4.69, 9.17) is 0 Å². The van der Waals surface area contributed by atoms with Gasteiger partial charge in [-0.05, 0) is 38.4 Å². The lowest BCUT2D eigenvalue weighted by Gasteiger charge is -2.15. The van der Waals surface area contributed by atoms with Crippen LogP contribution in [0.15, 0.2) is 36.7 Å². The number of hydrogen-bond donors (Lipinski definition) is 2. The second kappa shape index (κ2) is 5.28. The van der Waals surface area contributed by atoms with E-state index in [9.17, 15) is 0 Å². The summed E-state index contributed by atoms with van der Waals surface area (Å²) in [6.45, 7) is 1.93. The average molecular weight is 307 g/mol. The fourth-order valence-electron chi connectivity index (χ4n) is 3.25. The van der Waals surface area contributed by atoms with Crippen LogP contribution in [0.1, 0.15) is 0 Å². The minimum absolute atomic E-state index is 0.922. The zero-order valence-electron chi connectivity index (χ0n) is 13.7. The van der Waals surface area contributed by atoms with Crippen molar-refractivity contribution in [2.24, 2.45) is 0 Å². The molecule has 0 atom stereocenters. The molecule has 0 radical (unpaired) electrons. The Hall–Kier alpha value is -2.53. The lowest BCUT2D eigenvalue weighted by Crippen LogP contribution is -2.21. The van der Waals surface area contributed by atoms with Crippen LogP contribution in [-0.4, -0.2) is 44.1 Å². The van der Waals surface area contributed by atoms with E-state index >= 15 is 0 Å². The maximum absolute atomic E-state index is 4.28. The van der Waals surface area contributed by atoms with Gasteiger partial charge in [0, 0.05) is 59.8 Å². The van der Waals surface area contributed by atoms with Crippen molar-refractivity contribution in [3.8, 4) is 0 Å². The zero-order valence-corrected chi connectivity index (χ0v) is 13.7. The van der Waals surface area contributed by atoms with Crippen molar-refractivity contribution < 1.29 is 0 Å². The van der Waals surface area contributed by atoms with Gasteiger partial charge < -0.3 is 10.2 Å². The Morgan fingerprint density at radius 3 is 2.91 bits per heavy atom. The standard InChI is InChI=1S/C18H21N5/c1-22(2)9-8-20-15-4-5-16-17-14(15)10-12-11-19-7-6-13(12)18(17)21-23(16)3/h4-7,10-11,20-21H,8-9H2,1-3H3. The topological polar surface area (TPSA) is 43.4 Å². The number of pyridine rings is 1. The van der Waals surface area contributed by atoms with Gasteiger partial charge in [0.25, 0.3) is 0 Å². The Bertz CT molecular complexity index is 887. The van der Waals surface area contributed by atoms with Crippen molar-refractivity contribution in [3.63, 3.8) is 0 Å². The molecule has 1 aromatic heterocycles. The Kier molecular flexibility index (Phi) is 3.23. The molecule has 0 fully saturated rings. The van der Waals surface area contributed by atoms with Gasteiger partial charge in [0.2, 0.25) is 0 Å². The van der Waals surface area contributed by atoms with E-state index in [-0.39, 0.29) is 0 Å². The maximum Gasteiger partial charge on any atom is 0.0722 e. The van der Waals surface area contributed by atoms with Gasteiger partial charge in [0.05, 0.1) is 11.4 Å². The van der Waals surface area contributed by atoms with E-state index in [1.807, 2.05) is 12.4 Å². The van der Waals surface area contributed by atoms with Gasteiger partial charge >= 0.3 is 0 Å². The molecule has 0 saturated heterocycles. The molecule has 5 heteroatoms. The molecule has 1 aliphatic heterocycles. The molecule has 2 heterocycles. The first-order valence-corrected chi connectivity index (χ1v) is 7.87. The summed E-state index contributed by atoms with van der Waals surface area (Å²) in [4.78, 5) is 6.46. The van der Waals surface area contributed by atoms with Gasteiger partial charge in [-0.15, -0.1) is 0 Å². The lowest BCUT2D eigenvalue weighted by molar-refractivity contribution is 0.425. The number of anilines is 3. The Balaban J connectivity index is 1.90. The Morgan fingerprint density at radius 1 is 1.22 bits per heavy atom. The summed E-state index contributed by atoms with van der Waals surface area (Å²) in [6.07, 6.45) is 3.78. The van der Waals surface area contributed by atoms with Crippen LogP contribution in [-0.2, 0) is 0 Å². The second-order valence-corrected chi connectivity index (χ2v) is 6.30. The van der Waals surface area contributed by atoms with Gasteiger partial charge in [-0.2, -0.15) is 0 Å². The summed E-state index contributed by atoms with van der Waals surface area (Å²) in [7, 11) is 6.24. The molecule has 0 bridgehead atoms. The Labute approximate surface area is 135 Å². The van der Waals surface area contributed by atoms with Gasteiger partial charge in [-0.1, -0.05) is 0 Å². The van der Waals surface area contributed by atoms with Crippen molar-refractivity contribution in [3.05, 3.63) is 36.7 Å². The van der Waals surface area contributed by atoms with Gasteiger partial charge in [-0.3, -0.25) is 15.4 Å². The summed E-state index contributed by atoms with van der Waals surface area (Å²) in [6, 6.07) is 8.66. The number of hydrazine groups is 1. The molecule has 0 unspecified atom stereocenters. The van der Waals surface area contributed by atoms with Crippen molar-refractivity contribution in [1.82, 2.24) is 9.88 Å². The first-order valence-electron chi connectivity index (χ1n) is 7.87. The molecule has 23 heavy (non-hydrogen) atoms. The Morgan fingerprint density at radius 2 is 2.09 bits per heavy atom. The number of benzene rings is 2. The van der Waals surface area contributed by atoms with Crippen LogP contribution in [0.5, 0.6) is 0 Å². The molecular formula is C18H21N5. The van der Waals surface area contributed by atoms with Crippen LogP contribution in [0.4, 0.5) is 17.1 Å². The summed E-state index contributed by atoms with van der Waals surface area (Å²) in [5.41, 5.74) is 7.05. The van der Waals surface area contributed by atoms with E-state index in [0.29, 0.717) is 0 Å². The molecule has 0 aliphatic carbocycles. The molecule has 5 nitrogen and oxygen atoms in total. The SMILES string of the molecule is CN(C)CCNc1ccc2c3c(c4ccncc4cc13)NN2C. The first kappa shape index (κ1) is 14.1. The smallest absolute Gasteiger partial charge is 0.0722 e. The van der Waals surface area contributed by atoms with Crippen molar-refractivity contribution in [2.45, 2.75) is 0 Å². The van der Waals surface area contributed by atoms with E-state index in [2.05, 4.69) is 71.0 Å². The molecule has 0 spiro atoms. The highest BCUT2D eigenvalue weighted by Crippen LogP contribution is 2.45. The molecule has 2 aromatic carbocycles. The highest BCUT2D eigenvalue weighted by atomic mass is 15.5. The normalized spacial score (nSPS) is 13.1. The number of rotatable bonds is 4. The number of nitrogens with one attached hydrogen (secondary N) is 2. The minimum Gasteiger partial charge on any atom is -0.383 e. The predicted molar refractivity (Wildman–Crippen MR) is 98.3 cm³/mol. The van der Waals surface area contributed by atoms with Crippen molar-refractivity contribution in [2.75, 3.05) is 50.0 Å². The molecular weight excluding hydrogens is 286 g/mol. The highest BCUT2D eigenvalue weighted by Gasteiger charge is 2.22. The molecule has 3 aromatic rings. The van der Waals surface area contributed by atoms with Crippen LogP contribution in [0.3, 0.4) is 0 Å². The number of nitrogens with zero attached hydrogens (tertiary/aromatic N) is 3. The van der Waals surface area contributed by atoms with E-state index in [1.54, 1.807) is 0 Å². The van der Waals surface area contributed by atoms with Crippen LogP contribution < -0.4 is 15.8 Å². The molecule has 0 saturated carbocycles. The van der Waals surface area contributed by atoms with Crippen LogP contribution >= 0.6 is 0 Å². The van der Waals surface area contributed by atoms with Gasteiger partial charge in [0.1, 0.15) is 0 Å². The van der Waals surface area contributed by atoms with E-state index in [1.165, 1.54) is 33.2 Å². The fourth-order valence-corrected chi connectivity index (χ4v) is 3.25. The summed E-state index contributed by atoms with van der Waals surface area (Å²) in [5.74, 6) is 0. The third-order valence-corrected chi connectivity index (χ3v) is 4.41. The third-order valence-electron chi connectivity index (χ3n) is 4.41. The molecule has 4 rings (SSSR count). The predicted octanol–water partition coefficient (Wildman–Crippen LogP) is 3.14. The minimum atomic E-state index is 0.922. The maximum atomic E-state index is 4.28. The molecule has 1 aliphatic rings. The second-order valence-electron chi connectivity index (χ2n) is 6.30. The first-order chi connectivity index (χ1) is 11.1. The third kappa shape index (κ3) is 2.24. The van der Waals surface area contributed by atoms with Gasteiger partial charge in [-0.25, -0.2) is 0 Å². The zero-order chi connectivity index (χ0) is 16.0. The molecule has 2 N–H and O–H groups in total. The fraction of sp³-hybridized carbons (Fsp3) is 0.278. The quantitative estimate of drug-likeness (QED) is 0.725. The number of fused-ring (bicyclic) bond motifs is 2. The van der Waals surface area contributed by atoms with Gasteiger partial charge in [0.15, 0.2) is 0 Å².